The first-order valence-electron chi connectivity index (χ1n) is 8.92. The first-order valence-corrected chi connectivity index (χ1v) is 8.92. The number of aliphatic hydroxyl groups is 1. The number of hydrogen-bond donors (Lipinski definition) is 1. The van der Waals surface area contributed by atoms with Crippen LogP contribution in [0.1, 0.15) is 73.1 Å². The highest BCUT2D eigenvalue weighted by atomic mass is 16.6. The molecule has 3 unspecified atom stereocenters. The highest BCUT2D eigenvalue weighted by Crippen LogP contribution is 2.28. The van der Waals surface area contributed by atoms with Crippen LogP contribution in [0.15, 0.2) is 0 Å². The third kappa shape index (κ3) is 6.55. The van der Waals surface area contributed by atoms with E-state index in [1.165, 1.54) is 19.3 Å². The van der Waals surface area contributed by atoms with Crippen molar-refractivity contribution >= 4 is 6.09 Å². The topological polar surface area (TPSA) is 49.8 Å². The molecule has 0 aromatic heterocycles. The van der Waals surface area contributed by atoms with Crippen molar-refractivity contribution < 1.29 is 14.6 Å². The first kappa shape index (κ1) is 19.3. The van der Waals surface area contributed by atoms with Crippen molar-refractivity contribution in [2.75, 3.05) is 13.1 Å². The summed E-state index contributed by atoms with van der Waals surface area (Å²) in [5, 5.41) is 10.5. The minimum Gasteiger partial charge on any atom is -0.444 e. The predicted octanol–water partition coefficient (Wildman–Crippen LogP) is 4.21. The van der Waals surface area contributed by atoms with Gasteiger partial charge in [0.2, 0.25) is 0 Å². The van der Waals surface area contributed by atoms with E-state index < -0.39 is 5.60 Å². The van der Waals surface area contributed by atoms with Crippen LogP contribution in [-0.2, 0) is 4.74 Å². The van der Waals surface area contributed by atoms with Gasteiger partial charge in [0, 0.05) is 19.0 Å². The fourth-order valence-electron chi connectivity index (χ4n) is 3.11. The molecule has 1 N–H and O–H groups in total. The lowest BCUT2D eigenvalue weighted by molar-refractivity contribution is 0.0259. The maximum Gasteiger partial charge on any atom is 0.410 e. The maximum atomic E-state index is 12.1. The van der Waals surface area contributed by atoms with Crippen molar-refractivity contribution in [3.05, 3.63) is 0 Å². The summed E-state index contributed by atoms with van der Waals surface area (Å²) in [6, 6.07) is 0. The number of likely N-dealkylation sites (tertiary alicyclic amines) is 1. The zero-order valence-electron chi connectivity index (χ0n) is 15.1. The van der Waals surface area contributed by atoms with Gasteiger partial charge in [0.15, 0.2) is 0 Å². The summed E-state index contributed by atoms with van der Waals surface area (Å²) < 4.78 is 5.41. The molecule has 4 heteroatoms. The second-order valence-corrected chi connectivity index (χ2v) is 7.69. The van der Waals surface area contributed by atoms with Gasteiger partial charge in [0.25, 0.3) is 0 Å². The van der Waals surface area contributed by atoms with Crippen molar-refractivity contribution in [3.63, 3.8) is 0 Å². The molecule has 22 heavy (non-hydrogen) atoms. The Kier molecular flexibility index (Phi) is 7.67. The molecule has 1 rings (SSSR count). The summed E-state index contributed by atoms with van der Waals surface area (Å²) in [4.78, 5) is 13.8. The summed E-state index contributed by atoms with van der Waals surface area (Å²) in [5.74, 6) is 0.800. The quantitative estimate of drug-likeness (QED) is 0.766. The molecule has 0 saturated carbocycles. The number of hydrogen-bond acceptors (Lipinski definition) is 3. The third-order valence-corrected chi connectivity index (χ3v) is 4.54. The van der Waals surface area contributed by atoms with Gasteiger partial charge in [-0.2, -0.15) is 0 Å². The molecule has 0 aromatic carbocycles. The van der Waals surface area contributed by atoms with Crippen LogP contribution in [0.25, 0.3) is 0 Å². The van der Waals surface area contributed by atoms with Crippen LogP contribution in [0, 0.1) is 11.8 Å². The molecular formula is C18H35NO3. The van der Waals surface area contributed by atoms with E-state index in [2.05, 4.69) is 13.8 Å². The number of rotatable bonds is 7. The molecule has 0 aromatic rings. The normalized spacial score (nSPS) is 21.7. The second-order valence-electron chi connectivity index (χ2n) is 7.69. The molecule has 0 radical (unpaired) electrons. The van der Waals surface area contributed by atoms with Crippen LogP contribution in [-0.4, -0.2) is 40.9 Å². The molecule has 4 nitrogen and oxygen atoms in total. The lowest BCUT2D eigenvalue weighted by Gasteiger charge is -2.26. The smallest absolute Gasteiger partial charge is 0.410 e. The van der Waals surface area contributed by atoms with Crippen molar-refractivity contribution in [2.45, 2.75) is 84.8 Å². The maximum absolute atomic E-state index is 12.1. The molecule has 1 aliphatic rings. The Morgan fingerprint density at radius 2 is 2.05 bits per heavy atom. The molecule has 1 fully saturated rings. The number of unbranched alkanes of at least 4 members (excludes halogenated alkanes) is 1. The van der Waals surface area contributed by atoms with Crippen molar-refractivity contribution in [1.29, 1.82) is 0 Å². The Morgan fingerprint density at radius 1 is 1.36 bits per heavy atom. The van der Waals surface area contributed by atoms with Gasteiger partial charge in [0.1, 0.15) is 5.60 Å². The summed E-state index contributed by atoms with van der Waals surface area (Å²) in [6.45, 7) is 11.4. The Morgan fingerprint density at radius 3 is 2.59 bits per heavy atom. The van der Waals surface area contributed by atoms with E-state index >= 15 is 0 Å². The summed E-state index contributed by atoms with van der Waals surface area (Å²) in [5.41, 5.74) is -0.457. The van der Waals surface area contributed by atoms with Gasteiger partial charge in [-0.3, -0.25) is 0 Å². The molecule has 0 bridgehead atoms. The minimum atomic E-state index is -0.457. The Hall–Kier alpha value is -0.770. The largest absolute Gasteiger partial charge is 0.444 e. The SMILES string of the molecule is CCCCC(CC)CC(O)C1CCN(C(=O)OC(C)(C)C)C1. The molecule has 0 spiro atoms. The average molecular weight is 313 g/mol. The molecule has 1 saturated heterocycles. The second kappa shape index (κ2) is 8.76. The zero-order chi connectivity index (χ0) is 16.8. The Labute approximate surface area is 136 Å². The van der Waals surface area contributed by atoms with Crippen LogP contribution >= 0.6 is 0 Å². The van der Waals surface area contributed by atoms with E-state index in [1.807, 2.05) is 20.8 Å². The van der Waals surface area contributed by atoms with Gasteiger partial charge in [-0.05, 0) is 39.5 Å². The predicted molar refractivity (Wildman–Crippen MR) is 89.8 cm³/mol. The van der Waals surface area contributed by atoms with E-state index in [0.29, 0.717) is 19.0 Å². The van der Waals surface area contributed by atoms with Crippen LogP contribution in [0.2, 0.25) is 0 Å². The molecule has 1 amide bonds. The van der Waals surface area contributed by atoms with Gasteiger partial charge >= 0.3 is 6.09 Å². The van der Waals surface area contributed by atoms with Crippen LogP contribution in [0.5, 0.6) is 0 Å². The molecule has 130 valence electrons. The lowest BCUT2D eigenvalue weighted by atomic mass is 9.88. The Balaban J connectivity index is 2.42. The van der Waals surface area contributed by atoms with E-state index in [-0.39, 0.29) is 18.1 Å². The molecular weight excluding hydrogens is 278 g/mol. The monoisotopic (exact) mass is 313 g/mol. The van der Waals surface area contributed by atoms with Gasteiger partial charge in [-0.1, -0.05) is 39.5 Å². The number of carbonyl (C=O) groups is 1. The summed E-state index contributed by atoms with van der Waals surface area (Å²) in [7, 11) is 0. The van der Waals surface area contributed by atoms with Crippen LogP contribution in [0.4, 0.5) is 4.79 Å². The number of nitrogens with zero attached hydrogens (tertiary/aromatic N) is 1. The fraction of sp³-hybridized carbons (Fsp3) is 0.944. The van der Waals surface area contributed by atoms with E-state index in [9.17, 15) is 9.90 Å². The highest BCUT2D eigenvalue weighted by Gasteiger charge is 2.33. The van der Waals surface area contributed by atoms with E-state index in [1.54, 1.807) is 4.90 Å². The van der Waals surface area contributed by atoms with Crippen molar-refractivity contribution in [2.24, 2.45) is 11.8 Å². The summed E-state index contributed by atoms with van der Waals surface area (Å²) >= 11 is 0. The van der Waals surface area contributed by atoms with E-state index in [4.69, 9.17) is 4.74 Å². The van der Waals surface area contributed by atoms with Crippen molar-refractivity contribution in [3.8, 4) is 0 Å². The van der Waals surface area contributed by atoms with Crippen LogP contribution in [0.3, 0.4) is 0 Å². The molecule has 1 aliphatic heterocycles. The van der Waals surface area contributed by atoms with Gasteiger partial charge in [-0.25, -0.2) is 4.79 Å². The third-order valence-electron chi connectivity index (χ3n) is 4.54. The van der Waals surface area contributed by atoms with Gasteiger partial charge < -0.3 is 14.7 Å². The summed E-state index contributed by atoms with van der Waals surface area (Å²) in [6.07, 6.45) is 5.97. The van der Waals surface area contributed by atoms with Crippen LogP contribution < -0.4 is 0 Å². The fourth-order valence-corrected chi connectivity index (χ4v) is 3.11. The average Bonchev–Trinajstić information content (AvgIpc) is 2.91. The number of aliphatic hydroxyl groups excluding tert-OH is 1. The standard InChI is InChI=1S/C18H35NO3/c1-6-8-9-14(7-2)12-16(20)15-10-11-19(13-15)17(21)22-18(3,4)5/h14-16,20H,6-13H2,1-5H3. The minimum absolute atomic E-state index is 0.197. The lowest BCUT2D eigenvalue weighted by Crippen LogP contribution is -2.36. The highest BCUT2D eigenvalue weighted by molar-refractivity contribution is 5.68. The van der Waals surface area contributed by atoms with Gasteiger partial charge in [0.05, 0.1) is 6.10 Å². The van der Waals surface area contributed by atoms with E-state index in [0.717, 1.165) is 19.3 Å². The zero-order valence-corrected chi connectivity index (χ0v) is 15.1. The molecule has 1 heterocycles. The number of ether oxygens (including phenoxy) is 1. The Bertz CT molecular complexity index is 338. The van der Waals surface area contributed by atoms with Crippen molar-refractivity contribution in [1.82, 2.24) is 4.90 Å². The number of carbonyl (C=O) groups excluding carboxylic acids is 1. The molecule has 0 aliphatic carbocycles. The first-order chi connectivity index (χ1) is 10.3. The number of amides is 1. The molecule has 3 atom stereocenters. The van der Waals surface area contributed by atoms with Gasteiger partial charge in [-0.15, -0.1) is 0 Å².